The molecule has 9 nitrogen and oxygen atoms in total. The number of quaternary nitrogens is 1. The van der Waals surface area contributed by atoms with Crippen LogP contribution >= 0.6 is 0 Å². The van der Waals surface area contributed by atoms with Crippen molar-refractivity contribution in [3.63, 3.8) is 0 Å². The highest BCUT2D eigenvalue weighted by Crippen LogP contribution is 2.36. The van der Waals surface area contributed by atoms with E-state index in [0.29, 0.717) is 0 Å². The van der Waals surface area contributed by atoms with Gasteiger partial charge >= 0.3 is 19.8 Å². The summed E-state index contributed by atoms with van der Waals surface area (Å²) in [6.07, 6.45) is 6.61. The molecule has 0 spiro atoms. The van der Waals surface area contributed by atoms with E-state index >= 15 is 0 Å². The second-order valence-corrected chi connectivity index (χ2v) is 15.3. The third-order valence-electron chi connectivity index (χ3n) is 5.60. The Morgan fingerprint density at radius 2 is 1.22 bits per heavy atom. The normalized spacial score (nSPS) is 17.6. The van der Waals surface area contributed by atoms with Crippen LogP contribution in [-0.4, -0.2) is 88.6 Å². The quantitative estimate of drug-likeness (QED) is 0.142. The van der Waals surface area contributed by atoms with Crippen molar-refractivity contribution >= 4 is 28.9 Å². The van der Waals surface area contributed by atoms with Gasteiger partial charge in [0.25, 0.3) is 0 Å². The van der Waals surface area contributed by atoms with Crippen LogP contribution < -0.4 is 0 Å². The van der Waals surface area contributed by atoms with Crippen molar-refractivity contribution in [2.75, 3.05) is 47.5 Å². The minimum Gasteiger partial charge on any atom is -0.421 e. The monoisotopic (exact) mass is 598 g/mol. The van der Waals surface area contributed by atoms with Crippen LogP contribution in [-0.2, 0) is 33.3 Å². The van der Waals surface area contributed by atoms with E-state index in [1.807, 2.05) is 0 Å². The summed E-state index contributed by atoms with van der Waals surface area (Å²) in [7, 11) is -10.7. The van der Waals surface area contributed by atoms with Crippen molar-refractivity contribution in [1.29, 1.82) is 0 Å². The van der Waals surface area contributed by atoms with Gasteiger partial charge in [-0.2, -0.15) is 26.3 Å². The Balaban J connectivity index is 0.000000723. The Morgan fingerprint density at radius 3 is 1.56 bits per heavy atom. The first-order valence-electron chi connectivity index (χ1n) is 11.1. The highest BCUT2D eigenvalue weighted by Gasteiger charge is 2.47. The molecule has 0 atom stereocenters. The average Bonchev–Trinajstić information content (AvgIpc) is 2.73. The molecule has 1 aliphatic rings. The zero-order valence-corrected chi connectivity index (χ0v) is 23.6. The molecule has 0 bridgehead atoms. The van der Waals surface area contributed by atoms with E-state index in [1.165, 1.54) is 56.3 Å². The zero-order valence-electron chi connectivity index (χ0n) is 21.0. The minimum absolute atomic E-state index is 0.778. The summed E-state index contributed by atoms with van der Waals surface area (Å²) >= 11 is 0. The van der Waals surface area contributed by atoms with Crippen molar-refractivity contribution in [2.24, 2.45) is 5.92 Å². The maximum absolute atomic E-state index is 11.4. The van der Waals surface area contributed by atoms with Crippen molar-refractivity contribution in [1.82, 2.24) is 0 Å². The van der Waals surface area contributed by atoms with E-state index in [1.54, 1.807) is 21.3 Å². The van der Waals surface area contributed by atoms with Crippen molar-refractivity contribution < 1.29 is 60.9 Å². The van der Waals surface area contributed by atoms with Gasteiger partial charge in [0.15, 0.2) is 20.0 Å². The fourth-order valence-electron chi connectivity index (χ4n) is 4.01. The molecule has 0 unspecified atom stereocenters. The largest absolute Gasteiger partial charge is 0.500 e. The van der Waals surface area contributed by atoms with Crippen molar-refractivity contribution in [2.45, 2.75) is 63.0 Å². The molecule has 0 radical (unpaired) electrons. The molecule has 36 heavy (non-hydrogen) atoms. The first kappa shape index (κ1) is 35.5. The second kappa shape index (κ2) is 14.0. The van der Waals surface area contributed by atoms with Gasteiger partial charge in [-0.15, -0.1) is 0 Å². The lowest BCUT2D eigenvalue weighted by Gasteiger charge is -2.43. The number of nitrogens with zero attached hydrogens (tertiary/aromatic N) is 2. The van der Waals surface area contributed by atoms with Gasteiger partial charge in [0.1, 0.15) is 0 Å². The van der Waals surface area contributed by atoms with E-state index in [-0.39, 0.29) is 0 Å². The number of unbranched alkanes of at least 4 members (excludes halogenated alkanes) is 1. The Bertz CT molecular complexity index is 808. The van der Waals surface area contributed by atoms with Crippen LogP contribution in [0.25, 0.3) is 4.13 Å². The van der Waals surface area contributed by atoms with Crippen LogP contribution in [0.2, 0.25) is 6.04 Å². The van der Waals surface area contributed by atoms with E-state index in [4.69, 9.17) is 13.3 Å². The van der Waals surface area contributed by atoms with Gasteiger partial charge in [-0.25, -0.2) is 16.8 Å². The van der Waals surface area contributed by atoms with Crippen LogP contribution in [0.4, 0.5) is 26.3 Å². The van der Waals surface area contributed by atoms with Crippen LogP contribution in [0, 0.1) is 5.92 Å². The van der Waals surface area contributed by atoms with Gasteiger partial charge in [-0.1, -0.05) is 13.8 Å². The predicted molar refractivity (Wildman–Crippen MR) is 123 cm³/mol. The molecule has 0 N–H and O–H groups in total. The topological polar surface area (TPSA) is 110 Å². The third kappa shape index (κ3) is 11.1. The van der Waals surface area contributed by atoms with Crippen LogP contribution in [0.5, 0.6) is 0 Å². The lowest BCUT2D eigenvalue weighted by atomic mass is 10.0. The zero-order chi connectivity index (χ0) is 28.5. The Morgan fingerprint density at radius 1 is 0.806 bits per heavy atom. The van der Waals surface area contributed by atoms with E-state index in [2.05, 4.69) is 13.8 Å². The van der Waals surface area contributed by atoms with Gasteiger partial charge in [-0.3, -0.25) is 0 Å². The smallest absolute Gasteiger partial charge is 0.421 e. The first-order chi connectivity index (χ1) is 16.2. The summed E-state index contributed by atoms with van der Waals surface area (Å²) in [5.74, 6) is 0.786. The summed E-state index contributed by atoms with van der Waals surface area (Å²) in [6.45, 7) is 10.1. The number of likely N-dealkylation sites (tertiary alicyclic amines) is 1. The molecule has 0 aliphatic carbocycles. The van der Waals surface area contributed by atoms with E-state index in [0.717, 1.165) is 22.5 Å². The highest BCUT2D eigenvalue weighted by atomic mass is 32.3. The number of rotatable bonds is 12. The molecular formula is C18H36F6N2O7S2Si. The SMILES string of the molecule is CO[Si](CCCC[N+]1(CC(C)C)CCCCC1)(OC)OC.O=S(=O)([N-]S(=O)(=O)C(F)(F)F)C(F)(F)F. The van der Waals surface area contributed by atoms with Crippen molar-refractivity contribution in [3.05, 3.63) is 4.13 Å². The van der Waals surface area contributed by atoms with Gasteiger partial charge in [0, 0.05) is 33.3 Å². The van der Waals surface area contributed by atoms with Gasteiger partial charge < -0.3 is 21.9 Å². The van der Waals surface area contributed by atoms with Crippen LogP contribution in [0.15, 0.2) is 0 Å². The maximum atomic E-state index is 11.4. The molecule has 0 aromatic heterocycles. The summed E-state index contributed by atoms with van der Waals surface area (Å²) < 4.78 is 127. The molecule has 1 heterocycles. The summed E-state index contributed by atoms with van der Waals surface area (Å²) in [6, 6.07) is 0.929. The molecule has 218 valence electrons. The molecule has 1 rings (SSSR count). The minimum atomic E-state index is -6.72. The van der Waals surface area contributed by atoms with Crippen LogP contribution in [0.3, 0.4) is 0 Å². The molecule has 0 amide bonds. The average molecular weight is 599 g/mol. The molecule has 1 saturated heterocycles. The lowest BCUT2D eigenvalue weighted by molar-refractivity contribution is -0.935. The highest BCUT2D eigenvalue weighted by molar-refractivity contribution is 8.13. The Hall–Kier alpha value is -0.503. The van der Waals surface area contributed by atoms with Crippen molar-refractivity contribution in [3.8, 4) is 0 Å². The molecule has 1 fully saturated rings. The molecule has 1 aliphatic heterocycles. The number of hydrogen-bond donors (Lipinski definition) is 0. The number of sulfonamides is 2. The number of hydrogen-bond acceptors (Lipinski definition) is 7. The summed E-state index contributed by atoms with van der Waals surface area (Å²) in [5.41, 5.74) is -12.4. The number of piperidine rings is 1. The first-order valence-corrected chi connectivity index (χ1v) is 15.9. The number of alkyl halides is 6. The summed E-state index contributed by atoms with van der Waals surface area (Å²) in [4.78, 5) is 0. The predicted octanol–water partition coefficient (Wildman–Crippen LogP) is 4.36. The maximum Gasteiger partial charge on any atom is 0.500 e. The fourth-order valence-corrected chi connectivity index (χ4v) is 7.52. The Labute approximate surface area is 210 Å². The lowest BCUT2D eigenvalue weighted by Crippen LogP contribution is -2.54. The molecule has 0 saturated carbocycles. The molecular weight excluding hydrogens is 562 g/mol. The Kier molecular flexibility index (Phi) is 13.8. The number of halogens is 6. The van der Waals surface area contributed by atoms with Gasteiger partial charge in [-0.05, 0) is 32.1 Å². The standard InChI is InChI=1S/C16H36NO3Si.C2F6NO4S2/c1-16(2)15-17(11-7-6-8-12-17)13-9-10-14-21(18-3,19-4)20-5;3-1(4,5)14(10,11)9-15(12,13)2(6,7)8/h16H,6-15H2,1-5H3;/q+1;-1. The van der Waals surface area contributed by atoms with Gasteiger partial charge in [0.05, 0.1) is 26.2 Å². The van der Waals surface area contributed by atoms with Gasteiger partial charge in [0.2, 0.25) is 0 Å². The molecule has 0 aromatic carbocycles. The van der Waals surface area contributed by atoms with E-state index < -0.39 is 39.9 Å². The van der Waals surface area contributed by atoms with Crippen LogP contribution in [0.1, 0.15) is 46.0 Å². The second-order valence-electron chi connectivity index (χ2n) is 8.82. The summed E-state index contributed by atoms with van der Waals surface area (Å²) in [5, 5.41) is 0. The van der Waals surface area contributed by atoms with E-state index in [9.17, 15) is 43.2 Å². The third-order valence-corrected chi connectivity index (χ3v) is 11.2. The molecule has 0 aromatic rings. The fraction of sp³-hybridized carbons (Fsp3) is 1.00. The molecule has 18 heteroatoms.